The molecule has 2 rings (SSSR count). The Kier molecular flexibility index (Phi) is 11.8. The molecule has 2 saturated heterocycles. The first-order chi connectivity index (χ1) is 18.6. The summed E-state index contributed by atoms with van der Waals surface area (Å²) in [6.45, 7) is 7.40. The summed E-state index contributed by atoms with van der Waals surface area (Å²) < 4.78 is 48.9. The molecular weight excluding hydrogens is 544 g/mol. The molecule has 0 radical (unpaired) electrons. The van der Waals surface area contributed by atoms with E-state index in [-0.39, 0.29) is 0 Å². The average Bonchev–Trinajstić information content (AvgIpc) is 2.80. The van der Waals surface area contributed by atoms with Gasteiger partial charge in [-0.15, -0.1) is 0 Å². The lowest BCUT2D eigenvalue weighted by atomic mass is 9.96. The first-order valence-corrected chi connectivity index (χ1v) is 12.2. The number of carbonyl (C=O) groups excluding carboxylic acids is 6. The Morgan fingerprint density at radius 2 is 1.00 bits per heavy atom. The van der Waals surface area contributed by atoms with Gasteiger partial charge in [-0.3, -0.25) is 28.8 Å². The van der Waals surface area contributed by atoms with Crippen molar-refractivity contribution in [3.8, 4) is 0 Å². The van der Waals surface area contributed by atoms with Crippen molar-refractivity contribution in [2.75, 3.05) is 6.61 Å². The monoisotopic (exact) mass is 578 g/mol. The third kappa shape index (κ3) is 9.11. The first-order valence-electron chi connectivity index (χ1n) is 12.2. The molecule has 2 fully saturated rings. The Bertz CT molecular complexity index is 965. The molecule has 2 aliphatic rings. The highest BCUT2D eigenvalue weighted by Gasteiger charge is 2.56. The summed E-state index contributed by atoms with van der Waals surface area (Å²) >= 11 is 0. The van der Waals surface area contributed by atoms with Crippen molar-refractivity contribution < 1.29 is 76.5 Å². The van der Waals surface area contributed by atoms with E-state index in [9.17, 15) is 33.9 Å². The third-order valence-corrected chi connectivity index (χ3v) is 5.59. The fourth-order valence-corrected chi connectivity index (χ4v) is 4.27. The smallest absolute Gasteiger partial charge is 0.303 e. The highest BCUT2D eigenvalue weighted by molar-refractivity contribution is 5.69. The summed E-state index contributed by atoms with van der Waals surface area (Å²) in [7, 11) is 0. The molecule has 0 aromatic heterocycles. The Balaban J connectivity index is 2.56. The minimum Gasteiger partial charge on any atom is -0.463 e. The Hall–Kier alpha value is -3.34. The molecule has 0 bridgehead atoms. The molecule has 0 amide bonds. The van der Waals surface area contributed by atoms with Crippen molar-refractivity contribution in [2.45, 2.75) is 110 Å². The molecule has 10 atom stereocenters. The van der Waals surface area contributed by atoms with Crippen LogP contribution in [0.1, 0.15) is 48.5 Å². The van der Waals surface area contributed by atoms with E-state index in [4.69, 9.17) is 42.6 Å². The van der Waals surface area contributed by atoms with Gasteiger partial charge in [0.2, 0.25) is 0 Å². The van der Waals surface area contributed by atoms with E-state index in [1.807, 2.05) is 0 Å². The van der Waals surface area contributed by atoms with Gasteiger partial charge < -0.3 is 47.7 Å². The van der Waals surface area contributed by atoms with Crippen molar-refractivity contribution in [3.63, 3.8) is 0 Å². The van der Waals surface area contributed by atoms with Crippen molar-refractivity contribution in [1.82, 2.24) is 0 Å². The molecule has 226 valence electrons. The van der Waals surface area contributed by atoms with E-state index in [0.29, 0.717) is 0 Å². The second-order valence-electron chi connectivity index (χ2n) is 9.05. The Morgan fingerprint density at radius 1 is 0.575 bits per heavy atom. The lowest BCUT2D eigenvalue weighted by Crippen LogP contribution is -2.66. The first kappa shape index (κ1) is 32.9. The lowest BCUT2D eigenvalue weighted by molar-refractivity contribution is -0.354. The van der Waals surface area contributed by atoms with Crippen LogP contribution < -0.4 is 0 Å². The molecule has 0 aromatic carbocycles. The number of hydrogen-bond donors (Lipinski definition) is 1. The molecule has 16 heteroatoms. The predicted molar refractivity (Wildman–Crippen MR) is 124 cm³/mol. The van der Waals surface area contributed by atoms with Crippen LogP contribution in [0.25, 0.3) is 0 Å². The maximum Gasteiger partial charge on any atom is 0.303 e. The number of esters is 6. The van der Waals surface area contributed by atoms with Gasteiger partial charge in [-0.2, -0.15) is 0 Å². The molecule has 0 saturated carbocycles. The van der Waals surface area contributed by atoms with Crippen LogP contribution >= 0.6 is 0 Å². The Labute approximate surface area is 229 Å². The van der Waals surface area contributed by atoms with Gasteiger partial charge in [-0.05, 0) is 6.92 Å². The van der Waals surface area contributed by atoms with E-state index >= 15 is 0 Å². The summed E-state index contributed by atoms with van der Waals surface area (Å²) in [5.74, 6) is -4.84. The van der Waals surface area contributed by atoms with Crippen LogP contribution in [-0.2, 0) is 71.4 Å². The van der Waals surface area contributed by atoms with E-state index in [0.717, 1.165) is 41.5 Å². The van der Waals surface area contributed by atoms with Crippen LogP contribution in [0.5, 0.6) is 0 Å². The van der Waals surface area contributed by atoms with Gasteiger partial charge in [-0.25, -0.2) is 0 Å². The highest BCUT2D eigenvalue weighted by atomic mass is 16.8. The normalized spacial score (nSPS) is 33.6. The van der Waals surface area contributed by atoms with Crippen molar-refractivity contribution in [3.05, 3.63) is 0 Å². The second-order valence-corrected chi connectivity index (χ2v) is 9.05. The average molecular weight is 579 g/mol. The van der Waals surface area contributed by atoms with E-state index < -0.39 is 104 Å². The minimum absolute atomic E-state index is 0.522. The zero-order valence-electron chi connectivity index (χ0n) is 23.1. The van der Waals surface area contributed by atoms with Gasteiger partial charge in [-0.1, -0.05) is 0 Å². The van der Waals surface area contributed by atoms with Crippen LogP contribution in [0.4, 0.5) is 0 Å². The maximum absolute atomic E-state index is 12.0. The van der Waals surface area contributed by atoms with Crippen LogP contribution in [0.3, 0.4) is 0 Å². The number of rotatable bonds is 9. The van der Waals surface area contributed by atoms with Crippen molar-refractivity contribution in [2.24, 2.45) is 0 Å². The molecule has 0 aromatic rings. The summed E-state index contributed by atoms with van der Waals surface area (Å²) in [5.41, 5.74) is 0. The van der Waals surface area contributed by atoms with E-state index in [1.54, 1.807) is 0 Å². The van der Waals surface area contributed by atoms with Crippen LogP contribution in [0, 0.1) is 0 Å². The lowest BCUT2D eigenvalue weighted by Gasteiger charge is -2.47. The van der Waals surface area contributed by atoms with Crippen molar-refractivity contribution >= 4 is 35.8 Å². The van der Waals surface area contributed by atoms with Gasteiger partial charge in [0.1, 0.15) is 18.8 Å². The zero-order chi connectivity index (χ0) is 30.3. The topological polar surface area (TPSA) is 206 Å². The standard InChI is InChI=1S/C24H34O16/c1-9-17(34-11(3)26)19(35-12(4)27)22(38-15(7)30)24(33-9)40-18-16(8-32-10(2)25)39-23(31)21(37-14(6)29)20(18)36-13(5)28/h9,16-24,31H,8H2,1-7H3/t9-,16+,17-,18+,19+,20-,21+,22+,23?,24-/m0/s1. The zero-order valence-corrected chi connectivity index (χ0v) is 23.1. The van der Waals surface area contributed by atoms with Crippen LogP contribution in [0.2, 0.25) is 0 Å². The quantitative estimate of drug-likeness (QED) is 0.259. The van der Waals surface area contributed by atoms with Crippen LogP contribution in [-0.4, -0.2) is 109 Å². The van der Waals surface area contributed by atoms with Gasteiger partial charge in [0.15, 0.2) is 43.1 Å². The van der Waals surface area contributed by atoms with Gasteiger partial charge in [0, 0.05) is 41.5 Å². The summed E-state index contributed by atoms with van der Waals surface area (Å²) in [6.07, 6.45) is -14.6. The molecule has 1 N–H and O–H groups in total. The van der Waals surface area contributed by atoms with Crippen molar-refractivity contribution in [1.29, 1.82) is 0 Å². The minimum atomic E-state index is -1.84. The number of ether oxygens (including phenoxy) is 9. The molecule has 2 heterocycles. The molecule has 0 spiro atoms. The summed E-state index contributed by atoms with van der Waals surface area (Å²) in [6, 6.07) is 0. The maximum atomic E-state index is 12.0. The number of aliphatic hydroxyl groups excluding tert-OH is 1. The predicted octanol–water partition coefficient (Wildman–Crippen LogP) is -0.945. The number of aliphatic hydroxyl groups is 1. The molecule has 0 aliphatic carbocycles. The van der Waals surface area contributed by atoms with Gasteiger partial charge in [0.05, 0.1) is 6.10 Å². The molecule has 1 unspecified atom stereocenters. The van der Waals surface area contributed by atoms with Gasteiger partial charge in [0.25, 0.3) is 0 Å². The third-order valence-electron chi connectivity index (χ3n) is 5.59. The fraction of sp³-hybridized carbons (Fsp3) is 0.750. The summed E-state index contributed by atoms with van der Waals surface area (Å²) in [5, 5.41) is 10.5. The largest absolute Gasteiger partial charge is 0.463 e. The molecule has 40 heavy (non-hydrogen) atoms. The van der Waals surface area contributed by atoms with Crippen LogP contribution in [0.15, 0.2) is 0 Å². The number of hydrogen-bond acceptors (Lipinski definition) is 16. The van der Waals surface area contributed by atoms with E-state index in [1.165, 1.54) is 6.92 Å². The Morgan fingerprint density at radius 3 is 1.48 bits per heavy atom. The number of carbonyl (C=O) groups is 6. The second kappa shape index (κ2) is 14.3. The fourth-order valence-electron chi connectivity index (χ4n) is 4.27. The summed E-state index contributed by atoms with van der Waals surface area (Å²) in [4.78, 5) is 71.0. The molecular formula is C24H34O16. The van der Waals surface area contributed by atoms with Gasteiger partial charge >= 0.3 is 35.8 Å². The van der Waals surface area contributed by atoms with E-state index in [2.05, 4.69) is 0 Å². The molecule has 16 nitrogen and oxygen atoms in total. The molecule has 2 aliphatic heterocycles. The SMILES string of the molecule is CC(=O)OC[C@H]1OC(O)[C@H](OC(C)=O)[C@@H](OC(C)=O)[C@@H]1O[C@@H]1O[C@@H](C)[C@H](OC(C)=O)[C@@H](OC(C)=O)[C@H]1OC(C)=O. The highest BCUT2D eigenvalue weighted by Crippen LogP contribution is 2.34.